The molecule has 0 fully saturated rings. The van der Waals surface area contributed by atoms with E-state index in [1.807, 2.05) is 0 Å². The van der Waals surface area contributed by atoms with Crippen LogP contribution in [0.25, 0.3) is 0 Å². The summed E-state index contributed by atoms with van der Waals surface area (Å²) in [5.41, 5.74) is 1.33. The maximum atomic E-state index is 3.38. The van der Waals surface area contributed by atoms with Crippen molar-refractivity contribution in [2.24, 2.45) is 0 Å². The minimum Gasteiger partial charge on any atom is -0.0876 e. The second-order valence-corrected chi connectivity index (χ2v) is 10.1. The van der Waals surface area contributed by atoms with Crippen LogP contribution in [0.4, 0.5) is 0 Å². The molecule has 0 saturated heterocycles. The Kier molecular flexibility index (Phi) is 8.72. The molecule has 0 aliphatic carbocycles. The molecule has 0 amide bonds. The summed E-state index contributed by atoms with van der Waals surface area (Å²) in [5.74, 6) is 0. The maximum Gasteiger partial charge on any atom is 0.0283 e. The van der Waals surface area contributed by atoms with Crippen molar-refractivity contribution in [2.75, 3.05) is 0 Å². The molecule has 0 aliphatic rings. The molecule has 0 radical (unpaired) electrons. The van der Waals surface area contributed by atoms with E-state index in [9.17, 15) is 0 Å². The first-order chi connectivity index (χ1) is 13.8. The van der Waals surface area contributed by atoms with Gasteiger partial charge in [-0.2, -0.15) is 0 Å². The first-order valence-electron chi connectivity index (χ1n) is 9.03. The van der Waals surface area contributed by atoms with E-state index in [1.165, 1.54) is 25.0 Å². The van der Waals surface area contributed by atoms with Gasteiger partial charge in [0.25, 0.3) is 0 Å². The molecule has 140 valence electrons. The fraction of sp³-hybridized carbons (Fsp3) is 0.0400. The minimum atomic E-state index is -0.446. The minimum absolute atomic E-state index is 0.446. The van der Waals surface area contributed by atoms with Gasteiger partial charge < -0.3 is 0 Å². The van der Waals surface area contributed by atoms with Crippen molar-refractivity contribution in [2.45, 2.75) is 5.33 Å². The summed E-state index contributed by atoms with van der Waals surface area (Å²) in [5, 5.41) is 5.14. The third-order valence-corrected chi connectivity index (χ3v) is 7.92. The zero-order chi connectivity index (χ0) is 19.6. The average Bonchev–Trinajstić information content (AvgIpc) is 2.77. The van der Waals surface area contributed by atoms with E-state index < -0.39 is 7.92 Å². The number of hydrogen-bond donors (Lipinski definition) is 0. The molecule has 0 aliphatic heterocycles. The van der Waals surface area contributed by atoms with E-state index in [2.05, 4.69) is 154 Å². The Balaban J connectivity index is 0.000000211. The molecular formula is C25H21BrIP. The van der Waals surface area contributed by atoms with Crippen LogP contribution in [0.3, 0.4) is 0 Å². The van der Waals surface area contributed by atoms with Crippen molar-refractivity contribution in [3.8, 4) is 0 Å². The Morgan fingerprint density at radius 3 is 1.21 bits per heavy atom. The molecule has 0 N–H and O–H groups in total. The smallest absolute Gasteiger partial charge is 0.0283 e. The molecule has 0 spiro atoms. The van der Waals surface area contributed by atoms with Crippen LogP contribution < -0.4 is 15.9 Å². The van der Waals surface area contributed by atoms with Crippen LogP contribution in [0.5, 0.6) is 0 Å². The van der Waals surface area contributed by atoms with Crippen LogP contribution in [0, 0.1) is 3.57 Å². The van der Waals surface area contributed by atoms with Gasteiger partial charge in [-0.25, -0.2) is 0 Å². The molecule has 4 aromatic rings. The van der Waals surface area contributed by atoms with Crippen molar-refractivity contribution in [1.29, 1.82) is 0 Å². The van der Waals surface area contributed by atoms with Gasteiger partial charge in [0.2, 0.25) is 0 Å². The van der Waals surface area contributed by atoms with Crippen LogP contribution in [0.15, 0.2) is 115 Å². The molecule has 0 bridgehead atoms. The van der Waals surface area contributed by atoms with Crippen LogP contribution in [0.2, 0.25) is 0 Å². The molecule has 0 saturated carbocycles. The first kappa shape index (κ1) is 21.2. The Morgan fingerprint density at radius 2 is 0.893 bits per heavy atom. The van der Waals surface area contributed by atoms with Crippen LogP contribution >= 0.6 is 46.4 Å². The third kappa shape index (κ3) is 6.27. The highest BCUT2D eigenvalue weighted by Crippen LogP contribution is 2.32. The summed E-state index contributed by atoms with van der Waals surface area (Å²) < 4.78 is 1.29. The van der Waals surface area contributed by atoms with Gasteiger partial charge in [0, 0.05) is 8.90 Å². The Bertz CT molecular complexity index is 848. The number of alkyl halides is 1. The first-order valence-corrected chi connectivity index (χ1v) is 12.6. The van der Waals surface area contributed by atoms with Gasteiger partial charge in [0.1, 0.15) is 0 Å². The van der Waals surface area contributed by atoms with Crippen LogP contribution in [-0.2, 0) is 5.33 Å². The van der Waals surface area contributed by atoms with E-state index in [4.69, 9.17) is 0 Å². The number of benzene rings is 4. The zero-order valence-electron chi connectivity index (χ0n) is 15.4. The monoisotopic (exact) mass is 558 g/mol. The van der Waals surface area contributed by atoms with Gasteiger partial charge in [-0.1, -0.05) is 119 Å². The normalized spacial score (nSPS) is 10.2. The molecule has 4 rings (SSSR count). The third-order valence-electron chi connectivity index (χ3n) is 4.11. The lowest BCUT2D eigenvalue weighted by Crippen LogP contribution is -2.20. The van der Waals surface area contributed by atoms with Crippen molar-refractivity contribution >= 4 is 62.4 Å². The Labute approximate surface area is 191 Å². The van der Waals surface area contributed by atoms with Crippen molar-refractivity contribution < 1.29 is 0 Å². The standard InChI is InChI=1S/C18H15P.C7H6BrI/c1-4-10-16(11-5-1)19(17-12-6-2-7-13-17)18-14-8-3-9-15-18;8-5-6-1-3-7(9)4-2-6/h1-15H;1-4H,5H2. The molecule has 0 unspecified atom stereocenters. The summed E-state index contributed by atoms with van der Waals surface area (Å²) in [6.07, 6.45) is 0. The second-order valence-electron chi connectivity index (χ2n) is 6.10. The largest absolute Gasteiger partial charge is 0.0876 e. The van der Waals surface area contributed by atoms with Crippen LogP contribution in [0.1, 0.15) is 5.56 Å². The number of halogens is 2. The predicted molar refractivity (Wildman–Crippen MR) is 137 cm³/mol. The highest BCUT2D eigenvalue weighted by atomic mass is 127. The van der Waals surface area contributed by atoms with Gasteiger partial charge in [0.15, 0.2) is 0 Å². The van der Waals surface area contributed by atoms with Crippen LogP contribution in [-0.4, -0.2) is 0 Å². The summed E-state index contributed by atoms with van der Waals surface area (Å²) in [6.45, 7) is 0. The summed E-state index contributed by atoms with van der Waals surface area (Å²) in [7, 11) is -0.446. The van der Waals surface area contributed by atoms with Gasteiger partial charge >= 0.3 is 0 Å². The fourth-order valence-electron chi connectivity index (χ4n) is 2.75. The molecule has 0 heterocycles. The molecular weight excluding hydrogens is 538 g/mol. The van der Waals surface area contributed by atoms with Gasteiger partial charge in [-0.15, -0.1) is 0 Å². The van der Waals surface area contributed by atoms with E-state index in [1.54, 1.807) is 0 Å². The fourth-order valence-corrected chi connectivity index (χ4v) is 5.79. The van der Waals surface area contributed by atoms with Gasteiger partial charge in [0.05, 0.1) is 0 Å². The highest BCUT2D eigenvalue weighted by Gasteiger charge is 2.14. The molecule has 4 aromatic carbocycles. The molecule has 28 heavy (non-hydrogen) atoms. The Morgan fingerprint density at radius 1 is 0.536 bits per heavy atom. The molecule has 0 aromatic heterocycles. The van der Waals surface area contributed by atoms with Crippen molar-refractivity contribution in [1.82, 2.24) is 0 Å². The summed E-state index contributed by atoms with van der Waals surface area (Å²) in [6, 6.07) is 40.8. The van der Waals surface area contributed by atoms with Crippen molar-refractivity contribution in [3.63, 3.8) is 0 Å². The van der Waals surface area contributed by atoms with Crippen molar-refractivity contribution in [3.05, 3.63) is 124 Å². The van der Waals surface area contributed by atoms with Gasteiger partial charge in [-0.05, 0) is 64.1 Å². The quantitative estimate of drug-likeness (QED) is 0.150. The van der Waals surface area contributed by atoms with E-state index in [0.29, 0.717) is 0 Å². The lowest BCUT2D eigenvalue weighted by Gasteiger charge is -2.18. The predicted octanol–water partition coefficient (Wildman–Crippen LogP) is 6.63. The summed E-state index contributed by atoms with van der Waals surface area (Å²) >= 11 is 5.68. The number of rotatable bonds is 4. The lowest BCUT2D eigenvalue weighted by atomic mass is 10.2. The summed E-state index contributed by atoms with van der Waals surface area (Å²) in [4.78, 5) is 0. The molecule has 0 atom stereocenters. The lowest BCUT2D eigenvalue weighted by molar-refractivity contribution is 1.42. The highest BCUT2D eigenvalue weighted by molar-refractivity contribution is 14.1. The molecule has 3 heteroatoms. The average molecular weight is 559 g/mol. The second kappa shape index (κ2) is 11.5. The van der Waals surface area contributed by atoms with E-state index in [-0.39, 0.29) is 0 Å². The van der Waals surface area contributed by atoms with E-state index >= 15 is 0 Å². The SMILES string of the molecule is BrCc1ccc(I)cc1.c1ccc(P(c2ccccc2)c2ccccc2)cc1. The maximum absolute atomic E-state index is 3.38. The Hall–Kier alpha value is -1.48. The zero-order valence-corrected chi connectivity index (χ0v) is 20.0. The topological polar surface area (TPSA) is 0 Å². The van der Waals surface area contributed by atoms with Gasteiger partial charge in [-0.3, -0.25) is 0 Å². The van der Waals surface area contributed by atoms with E-state index in [0.717, 1.165) is 5.33 Å². The number of hydrogen-bond acceptors (Lipinski definition) is 0. The molecule has 0 nitrogen and oxygen atoms in total.